The SMILES string of the molecule is CCNC(=O)N1CCC[C@H](N)[C@@H]1CO[C@H]1CO[C@@H](c2ccccc2)OC1. The molecule has 2 amide bonds. The molecule has 0 radical (unpaired) electrons. The van der Waals surface area contributed by atoms with E-state index in [4.69, 9.17) is 19.9 Å². The quantitative estimate of drug-likeness (QED) is 0.831. The Hall–Kier alpha value is -1.67. The first-order chi connectivity index (χ1) is 12.7. The van der Waals surface area contributed by atoms with Crippen LogP contribution in [0.4, 0.5) is 4.79 Å². The first-order valence-electron chi connectivity index (χ1n) is 9.38. The predicted molar refractivity (Wildman–Crippen MR) is 97.6 cm³/mol. The Balaban J connectivity index is 1.49. The van der Waals surface area contributed by atoms with Crippen LogP contribution in [0.3, 0.4) is 0 Å². The molecule has 2 atom stereocenters. The number of amides is 2. The highest BCUT2D eigenvalue weighted by molar-refractivity contribution is 5.74. The maximum absolute atomic E-state index is 12.3. The summed E-state index contributed by atoms with van der Waals surface area (Å²) >= 11 is 0. The molecular weight excluding hydrogens is 334 g/mol. The number of carbonyl (C=O) groups is 1. The molecule has 0 bridgehead atoms. The average Bonchev–Trinajstić information content (AvgIpc) is 2.68. The molecule has 144 valence electrons. The standard InChI is InChI=1S/C19H29N3O4/c1-2-21-19(23)22-10-6-9-16(20)17(22)13-24-15-11-25-18(26-12-15)14-7-4-3-5-8-14/h3-5,7-8,15-18H,2,6,9-13,20H2,1H3,(H,21,23)/t15-,16-,17-,18+/m0/s1. The van der Waals surface area contributed by atoms with E-state index in [-0.39, 0.29) is 30.5 Å². The van der Waals surface area contributed by atoms with Crippen molar-refractivity contribution in [2.75, 3.05) is 32.9 Å². The fourth-order valence-corrected chi connectivity index (χ4v) is 3.42. The molecule has 1 aromatic rings. The fourth-order valence-electron chi connectivity index (χ4n) is 3.42. The summed E-state index contributed by atoms with van der Waals surface area (Å²) in [4.78, 5) is 14.1. The molecule has 0 saturated carbocycles. The van der Waals surface area contributed by atoms with Crippen LogP contribution in [0.1, 0.15) is 31.6 Å². The zero-order valence-electron chi connectivity index (χ0n) is 15.3. The van der Waals surface area contributed by atoms with E-state index in [9.17, 15) is 4.79 Å². The summed E-state index contributed by atoms with van der Waals surface area (Å²) in [5.41, 5.74) is 7.26. The van der Waals surface area contributed by atoms with E-state index in [0.717, 1.165) is 18.4 Å². The van der Waals surface area contributed by atoms with Crippen molar-refractivity contribution in [3.05, 3.63) is 35.9 Å². The normalized spacial score (nSPS) is 29.4. The third-order valence-corrected chi connectivity index (χ3v) is 4.86. The second kappa shape index (κ2) is 9.32. The number of likely N-dealkylation sites (tertiary alicyclic amines) is 1. The molecule has 2 aliphatic rings. The topological polar surface area (TPSA) is 86.1 Å². The lowest BCUT2D eigenvalue weighted by atomic mass is 9.98. The zero-order chi connectivity index (χ0) is 18.4. The summed E-state index contributed by atoms with van der Waals surface area (Å²) in [6.45, 7) is 4.54. The van der Waals surface area contributed by atoms with Crippen LogP contribution in [0, 0.1) is 0 Å². The minimum atomic E-state index is -0.347. The van der Waals surface area contributed by atoms with Crippen molar-refractivity contribution in [1.82, 2.24) is 10.2 Å². The van der Waals surface area contributed by atoms with E-state index in [1.54, 1.807) is 4.90 Å². The number of nitrogens with one attached hydrogen (secondary N) is 1. The van der Waals surface area contributed by atoms with Gasteiger partial charge in [0.2, 0.25) is 0 Å². The lowest BCUT2D eigenvalue weighted by molar-refractivity contribution is -0.232. The number of rotatable bonds is 5. The van der Waals surface area contributed by atoms with Gasteiger partial charge in [0, 0.05) is 24.7 Å². The van der Waals surface area contributed by atoms with Crippen LogP contribution in [0.5, 0.6) is 0 Å². The second-order valence-corrected chi connectivity index (χ2v) is 6.77. The van der Waals surface area contributed by atoms with Gasteiger partial charge in [-0.25, -0.2) is 4.79 Å². The molecule has 7 nitrogen and oxygen atoms in total. The number of benzene rings is 1. The molecule has 0 unspecified atom stereocenters. The molecule has 0 aliphatic carbocycles. The maximum atomic E-state index is 12.3. The maximum Gasteiger partial charge on any atom is 0.317 e. The van der Waals surface area contributed by atoms with Crippen molar-refractivity contribution in [2.45, 2.75) is 44.2 Å². The van der Waals surface area contributed by atoms with E-state index in [1.807, 2.05) is 37.3 Å². The Morgan fingerprint density at radius 1 is 1.31 bits per heavy atom. The molecule has 7 heteroatoms. The zero-order valence-corrected chi connectivity index (χ0v) is 15.3. The molecule has 2 heterocycles. The largest absolute Gasteiger partial charge is 0.371 e. The van der Waals surface area contributed by atoms with Crippen LogP contribution in [-0.4, -0.2) is 62.0 Å². The molecule has 2 saturated heterocycles. The Morgan fingerprint density at radius 3 is 2.73 bits per heavy atom. The van der Waals surface area contributed by atoms with Crippen LogP contribution >= 0.6 is 0 Å². The summed E-state index contributed by atoms with van der Waals surface area (Å²) in [6.07, 6.45) is 1.32. The van der Waals surface area contributed by atoms with Gasteiger partial charge < -0.3 is 30.2 Å². The monoisotopic (exact) mass is 363 g/mol. The van der Waals surface area contributed by atoms with Crippen molar-refractivity contribution >= 4 is 6.03 Å². The van der Waals surface area contributed by atoms with E-state index in [0.29, 0.717) is 32.9 Å². The van der Waals surface area contributed by atoms with Gasteiger partial charge in [0.15, 0.2) is 6.29 Å². The number of nitrogens with zero attached hydrogens (tertiary/aromatic N) is 1. The highest BCUT2D eigenvalue weighted by Crippen LogP contribution is 2.24. The van der Waals surface area contributed by atoms with E-state index >= 15 is 0 Å². The summed E-state index contributed by atoms with van der Waals surface area (Å²) in [7, 11) is 0. The first kappa shape index (κ1) is 19.1. The van der Waals surface area contributed by atoms with Gasteiger partial charge in [-0.15, -0.1) is 0 Å². The highest BCUT2D eigenvalue weighted by Gasteiger charge is 2.33. The highest BCUT2D eigenvalue weighted by atomic mass is 16.7. The minimum Gasteiger partial charge on any atom is -0.371 e. The molecule has 1 aromatic carbocycles. The summed E-state index contributed by atoms with van der Waals surface area (Å²) < 4.78 is 17.6. The second-order valence-electron chi connectivity index (χ2n) is 6.77. The number of hydrogen-bond donors (Lipinski definition) is 2. The van der Waals surface area contributed by atoms with Gasteiger partial charge in [-0.05, 0) is 19.8 Å². The minimum absolute atomic E-state index is 0.0727. The van der Waals surface area contributed by atoms with Crippen LogP contribution in [0.25, 0.3) is 0 Å². The van der Waals surface area contributed by atoms with Gasteiger partial charge in [0.1, 0.15) is 6.10 Å². The van der Waals surface area contributed by atoms with Gasteiger partial charge in [0.25, 0.3) is 0 Å². The summed E-state index contributed by atoms with van der Waals surface area (Å²) in [6, 6.07) is 9.59. The third-order valence-electron chi connectivity index (χ3n) is 4.86. The van der Waals surface area contributed by atoms with Crippen molar-refractivity contribution in [2.24, 2.45) is 5.73 Å². The lowest BCUT2D eigenvalue weighted by Gasteiger charge is -2.40. The Labute approximate surface area is 154 Å². The van der Waals surface area contributed by atoms with Crippen LogP contribution < -0.4 is 11.1 Å². The van der Waals surface area contributed by atoms with Crippen LogP contribution in [0.2, 0.25) is 0 Å². The Bertz CT molecular complexity index is 563. The van der Waals surface area contributed by atoms with Crippen molar-refractivity contribution in [3.8, 4) is 0 Å². The number of piperidine rings is 1. The summed E-state index contributed by atoms with van der Waals surface area (Å²) in [5.74, 6) is 0. The number of ether oxygens (including phenoxy) is 3. The van der Waals surface area contributed by atoms with Gasteiger partial charge in [-0.1, -0.05) is 30.3 Å². The van der Waals surface area contributed by atoms with Gasteiger partial charge in [-0.3, -0.25) is 0 Å². The molecule has 0 spiro atoms. The molecule has 26 heavy (non-hydrogen) atoms. The van der Waals surface area contributed by atoms with Crippen LogP contribution in [-0.2, 0) is 14.2 Å². The first-order valence-corrected chi connectivity index (χ1v) is 9.38. The predicted octanol–water partition coefficient (Wildman–Crippen LogP) is 1.64. The number of urea groups is 1. The average molecular weight is 363 g/mol. The Kier molecular flexibility index (Phi) is 6.85. The van der Waals surface area contributed by atoms with Crippen LogP contribution in [0.15, 0.2) is 30.3 Å². The van der Waals surface area contributed by atoms with Crippen molar-refractivity contribution < 1.29 is 19.0 Å². The molecule has 2 fully saturated rings. The molecule has 3 N–H and O–H groups in total. The number of nitrogens with two attached hydrogens (primary N) is 1. The van der Waals surface area contributed by atoms with E-state index < -0.39 is 0 Å². The lowest BCUT2D eigenvalue weighted by Crippen LogP contribution is -2.59. The molecule has 2 aliphatic heterocycles. The van der Waals surface area contributed by atoms with Gasteiger partial charge >= 0.3 is 6.03 Å². The Morgan fingerprint density at radius 2 is 2.04 bits per heavy atom. The third kappa shape index (κ3) is 4.73. The fraction of sp³-hybridized carbons (Fsp3) is 0.632. The van der Waals surface area contributed by atoms with Gasteiger partial charge in [0.05, 0.1) is 25.9 Å². The number of carbonyl (C=O) groups excluding carboxylic acids is 1. The molecule has 0 aromatic heterocycles. The van der Waals surface area contributed by atoms with E-state index in [1.165, 1.54) is 0 Å². The smallest absolute Gasteiger partial charge is 0.317 e. The summed E-state index contributed by atoms with van der Waals surface area (Å²) in [5, 5.41) is 2.85. The number of hydrogen-bond acceptors (Lipinski definition) is 5. The van der Waals surface area contributed by atoms with Crippen molar-refractivity contribution in [3.63, 3.8) is 0 Å². The molecule has 3 rings (SSSR count). The van der Waals surface area contributed by atoms with Gasteiger partial charge in [-0.2, -0.15) is 0 Å². The van der Waals surface area contributed by atoms with Crippen molar-refractivity contribution in [1.29, 1.82) is 0 Å². The molecular formula is C19H29N3O4. The van der Waals surface area contributed by atoms with E-state index in [2.05, 4.69) is 5.32 Å².